The Morgan fingerprint density at radius 2 is 2.05 bits per heavy atom. The lowest BCUT2D eigenvalue weighted by molar-refractivity contribution is -0.123. The van der Waals surface area contributed by atoms with Gasteiger partial charge in [0.25, 0.3) is 0 Å². The number of likely N-dealkylation sites (tertiary alicyclic amines) is 1. The molecule has 1 heterocycles. The molecule has 1 aliphatic carbocycles. The third kappa shape index (κ3) is 5.10. The van der Waals surface area contributed by atoms with Crippen molar-refractivity contribution < 1.29 is 4.79 Å². The molecule has 0 spiro atoms. The second-order valence-electron chi connectivity index (χ2n) is 5.96. The van der Waals surface area contributed by atoms with Gasteiger partial charge in [0.1, 0.15) is 0 Å². The molecule has 2 fully saturated rings. The Morgan fingerprint density at radius 1 is 1.42 bits per heavy atom. The van der Waals surface area contributed by atoms with Crippen LogP contribution in [-0.4, -0.2) is 42.0 Å². The van der Waals surface area contributed by atoms with Gasteiger partial charge in [0, 0.05) is 19.1 Å². The number of nitrogens with two attached hydrogens (primary N) is 1. The van der Waals surface area contributed by atoms with Gasteiger partial charge in [-0.05, 0) is 52.0 Å². The van der Waals surface area contributed by atoms with Gasteiger partial charge in [-0.3, -0.25) is 4.79 Å². The number of piperidine rings is 1. The van der Waals surface area contributed by atoms with E-state index >= 15 is 0 Å². The molecule has 2 rings (SSSR count). The molecule has 3 N–H and O–H groups in total. The van der Waals surface area contributed by atoms with Crippen molar-refractivity contribution in [3.8, 4) is 0 Å². The summed E-state index contributed by atoms with van der Waals surface area (Å²) in [5.41, 5.74) is 5.34. The number of hydrogen-bond acceptors (Lipinski definition) is 3. The van der Waals surface area contributed by atoms with E-state index in [2.05, 4.69) is 24.1 Å². The van der Waals surface area contributed by atoms with E-state index < -0.39 is 5.54 Å². The molecule has 0 aromatic heterocycles. The summed E-state index contributed by atoms with van der Waals surface area (Å²) in [4.78, 5) is 14.2. The molecule has 1 saturated carbocycles. The van der Waals surface area contributed by atoms with E-state index in [1.54, 1.807) is 0 Å². The van der Waals surface area contributed by atoms with Crippen molar-refractivity contribution in [1.82, 2.24) is 10.2 Å². The first-order chi connectivity index (χ1) is 8.01. The van der Waals surface area contributed by atoms with Gasteiger partial charge in [-0.25, -0.2) is 0 Å². The molecule has 2 aliphatic rings. The summed E-state index contributed by atoms with van der Waals surface area (Å²) in [6.45, 7) is 7.57. The standard InChI is InChI=1S/C13H25N3O.2ClH/c1-10(2)16-7-3-4-11(9-16)8-15-12(17)13(14)5-6-13;;/h10-11H,3-9,14H2,1-2H3,(H,15,17);2*1H. The lowest BCUT2D eigenvalue weighted by Gasteiger charge is -2.35. The predicted molar refractivity (Wildman–Crippen MR) is 83.1 cm³/mol. The Hall–Kier alpha value is -0.0300. The van der Waals surface area contributed by atoms with E-state index in [9.17, 15) is 4.79 Å². The van der Waals surface area contributed by atoms with Gasteiger partial charge < -0.3 is 16.0 Å². The zero-order chi connectivity index (χ0) is 12.5. The quantitative estimate of drug-likeness (QED) is 0.828. The fourth-order valence-electron chi connectivity index (χ4n) is 2.51. The molecule has 1 atom stereocenters. The van der Waals surface area contributed by atoms with Crippen molar-refractivity contribution in [2.45, 2.75) is 51.1 Å². The second-order valence-corrected chi connectivity index (χ2v) is 5.96. The van der Waals surface area contributed by atoms with Crippen LogP contribution in [0.1, 0.15) is 39.5 Å². The van der Waals surface area contributed by atoms with Crippen LogP contribution in [0, 0.1) is 5.92 Å². The highest BCUT2D eigenvalue weighted by Crippen LogP contribution is 2.32. The molecule has 0 bridgehead atoms. The van der Waals surface area contributed by atoms with Gasteiger partial charge >= 0.3 is 0 Å². The van der Waals surface area contributed by atoms with Crippen molar-refractivity contribution in [2.24, 2.45) is 11.7 Å². The Bertz CT molecular complexity index is 296. The molecule has 1 amide bonds. The highest BCUT2D eigenvalue weighted by atomic mass is 35.5. The van der Waals surface area contributed by atoms with E-state index in [1.165, 1.54) is 19.4 Å². The lowest BCUT2D eigenvalue weighted by atomic mass is 9.97. The lowest BCUT2D eigenvalue weighted by Crippen LogP contribution is -2.47. The van der Waals surface area contributed by atoms with Gasteiger partial charge in [0.05, 0.1) is 5.54 Å². The number of rotatable bonds is 4. The van der Waals surface area contributed by atoms with Crippen molar-refractivity contribution in [3.63, 3.8) is 0 Å². The molecule has 114 valence electrons. The van der Waals surface area contributed by atoms with Crippen molar-refractivity contribution >= 4 is 30.7 Å². The molecular formula is C13H27Cl2N3O. The van der Waals surface area contributed by atoms with Crippen LogP contribution in [0.2, 0.25) is 0 Å². The van der Waals surface area contributed by atoms with E-state index in [0.29, 0.717) is 12.0 Å². The highest BCUT2D eigenvalue weighted by Gasteiger charge is 2.45. The molecule has 1 unspecified atom stereocenters. The normalized spacial score (nSPS) is 25.2. The van der Waals surface area contributed by atoms with Gasteiger partial charge in [0.2, 0.25) is 5.91 Å². The van der Waals surface area contributed by atoms with Gasteiger partial charge in [-0.1, -0.05) is 0 Å². The molecular weight excluding hydrogens is 285 g/mol. The SMILES string of the molecule is CC(C)N1CCCC(CNC(=O)C2(N)CC2)C1.Cl.Cl. The van der Waals surface area contributed by atoms with Gasteiger partial charge in [-0.15, -0.1) is 24.8 Å². The molecule has 0 radical (unpaired) electrons. The summed E-state index contributed by atoms with van der Waals surface area (Å²) in [5, 5.41) is 3.02. The summed E-state index contributed by atoms with van der Waals surface area (Å²) in [7, 11) is 0. The van der Waals surface area contributed by atoms with Crippen molar-refractivity contribution in [1.29, 1.82) is 0 Å². The fourth-order valence-corrected chi connectivity index (χ4v) is 2.51. The van der Waals surface area contributed by atoms with Gasteiger partial charge in [-0.2, -0.15) is 0 Å². The van der Waals surface area contributed by atoms with Crippen LogP contribution in [0.15, 0.2) is 0 Å². The van der Waals surface area contributed by atoms with E-state index in [0.717, 1.165) is 25.9 Å². The van der Waals surface area contributed by atoms with Crippen molar-refractivity contribution in [3.05, 3.63) is 0 Å². The number of halogens is 2. The third-order valence-corrected chi connectivity index (χ3v) is 4.07. The molecule has 19 heavy (non-hydrogen) atoms. The summed E-state index contributed by atoms with van der Waals surface area (Å²) >= 11 is 0. The fraction of sp³-hybridized carbons (Fsp3) is 0.923. The highest BCUT2D eigenvalue weighted by molar-refractivity contribution is 5.88. The zero-order valence-corrected chi connectivity index (χ0v) is 13.5. The first-order valence-electron chi connectivity index (χ1n) is 6.82. The summed E-state index contributed by atoms with van der Waals surface area (Å²) in [6, 6.07) is 0.609. The van der Waals surface area contributed by atoms with Crippen LogP contribution in [0.3, 0.4) is 0 Å². The molecule has 0 aromatic rings. The average molecular weight is 312 g/mol. The van der Waals surface area contributed by atoms with E-state index in [4.69, 9.17) is 5.73 Å². The molecule has 1 aliphatic heterocycles. The van der Waals surface area contributed by atoms with E-state index in [-0.39, 0.29) is 30.7 Å². The average Bonchev–Trinajstić information content (AvgIpc) is 3.06. The third-order valence-electron chi connectivity index (χ3n) is 4.07. The number of carbonyl (C=O) groups is 1. The molecule has 6 heteroatoms. The Kier molecular flexibility index (Phi) is 7.66. The summed E-state index contributed by atoms with van der Waals surface area (Å²) in [5.74, 6) is 0.650. The van der Waals surface area contributed by atoms with Gasteiger partial charge in [0.15, 0.2) is 0 Å². The minimum absolute atomic E-state index is 0. The Balaban J connectivity index is 0.00000162. The van der Waals surface area contributed by atoms with Crippen LogP contribution in [0.25, 0.3) is 0 Å². The second kappa shape index (κ2) is 7.67. The monoisotopic (exact) mass is 311 g/mol. The Morgan fingerprint density at radius 3 is 2.58 bits per heavy atom. The van der Waals surface area contributed by atoms with Crippen molar-refractivity contribution in [2.75, 3.05) is 19.6 Å². The number of nitrogens with zero attached hydrogens (tertiary/aromatic N) is 1. The largest absolute Gasteiger partial charge is 0.354 e. The first kappa shape index (κ1) is 19.0. The molecule has 4 nitrogen and oxygen atoms in total. The predicted octanol–water partition coefficient (Wildman–Crippen LogP) is 1.56. The molecule has 1 saturated heterocycles. The zero-order valence-electron chi connectivity index (χ0n) is 11.9. The number of carbonyl (C=O) groups excluding carboxylic acids is 1. The minimum Gasteiger partial charge on any atom is -0.354 e. The maximum atomic E-state index is 11.7. The summed E-state index contributed by atoms with van der Waals surface area (Å²) < 4.78 is 0. The maximum Gasteiger partial charge on any atom is 0.240 e. The topological polar surface area (TPSA) is 58.4 Å². The number of amides is 1. The number of nitrogens with one attached hydrogen (secondary N) is 1. The van der Waals surface area contributed by atoms with Crippen LogP contribution in [0.4, 0.5) is 0 Å². The first-order valence-corrected chi connectivity index (χ1v) is 6.82. The minimum atomic E-state index is -0.521. The van der Waals surface area contributed by atoms with Crippen LogP contribution < -0.4 is 11.1 Å². The maximum absolute atomic E-state index is 11.7. The number of hydrogen-bond donors (Lipinski definition) is 2. The van der Waals surface area contributed by atoms with Crippen LogP contribution in [-0.2, 0) is 4.79 Å². The molecule has 0 aromatic carbocycles. The Labute approximate surface area is 128 Å². The smallest absolute Gasteiger partial charge is 0.240 e. The van der Waals surface area contributed by atoms with Crippen LogP contribution in [0.5, 0.6) is 0 Å². The van der Waals surface area contributed by atoms with E-state index in [1.807, 2.05) is 0 Å². The van der Waals surface area contributed by atoms with Crippen LogP contribution >= 0.6 is 24.8 Å². The summed E-state index contributed by atoms with van der Waals surface area (Å²) in [6.07, 6.45) is 4.16.